The Morgan fingerprint density at radius 3 is 1.89 bits per heavy atom. The Balaban J connectivity index is 5.48. The van der Waals surface area contributed by atoms with Crippen LogP contribution in [0.15, 0.2) is 11.3 Å². The summed E-state index contributed by atoms with van der Waals surface area (Å²) >= 11 is 0. The molecule has 0 amide bonds. The van der Waals surface area contributed by atoms with Crippen LogP contribution in [-0.4, -0.2) is 28.1 Å². The van der Waals surface area contributed by atoms with Crippen LogP contribution < -0.4 is 0 Å². The molecule has 0 aliphatic carbocycles. The van der Waals surface area contributed by atoms with Gasteiger partial charge < -0.3 is 10.0 Å². The number of hydrogen-bond acceptors (Lipinski definition) is 2. The fourth-order valence-corrected chi connectivity index (χ4v) is 2.48. The summed E-state index contributed by atoms with van der Waals surface area (Å²) in [5.41, 5.74) is 1.60. The SMILES string of the molecule is CCCCC(=C(CC)C(=O)O)N(C(C)C)C(C)C. The van der Waals surface area contributed by atoms with Gasteiger partial charge >= 0.3 is 5.97 Å². The van der Waals surface area contributed by atoms with Gasteiger partial charge in [-0.25, -0.2) is 4.79 Å². The summed E-state index contributed by atoms with van der Waals surface area (Å²) < 4.78 is 0. The second kappa shape index (κ2) is 8.17. The molecule has 0 rings (SSSR count). The van der Waals surface area contributed by atoms with Crippen molar-refractivity contribution in [1.82, 2.24) is 4.90 Å². The molecule has 106 valence electrons. The van der Waals surface area contributed by atoms with Gasteiger partial charge in [-0.15, -0.1) is 0 Å². The third-order valence-corrected chi connectivity index (χ3v) is 3.15. The molecule has 0 saturated carbocycles. The molecule has 0 aromatic rings. The van der Waals surface area contributed by atoms with E-state index in [9.17, 15) is 9.90 Å². The molecule has 0 fully saturated rings. The summed E-state index contributed by atoms with van der Waals surface area (Å²) in [5.74, 6) is -0.769. The molecule has 0 aromatic carbocycles. The Kier molecular flexibility index (Phi) is 7.72. The lowest BCUT2D eigenvalue weighted by atomic mass is 10.0. The van der Waals surface area contributed by atoms with Gasteiger partial charge in [-0.2, -0.15) is 0 Å². The average molecular weight is 255 g/mol. The van der Waals surface area contributed by atoms with Crippen LogP contribution in [0.2, 0.25) is 0 Å². The second-order valence-electron chi connectivity index (χ2n) is 5.28. The van der Waals surface area contributed by atoms with E-state index in [-0.39, 0.29) is 0 Å². The zero-order valence-electron chi connectivity index (χ0n) is 12.8. The first-order chi connectivity index (χ1) is 8.36. The van der Waals surface area contributed by atoms with E-state index in [0.29, 0.717) is 24.1 Å². The van der Waals surface area contributed by atoms with Crippen LogP contribution in [0.3, 0.4) is 0 Å². The molecule has 0 saturated heterocycles. The van der Waals surface area contributed by atoms with Crippen molar-refractivity contribution >= 4 is 5.97 Å². The molecular weight excluding hydrogens is 226 g/mol. The molecule has 3 nitrogen and oxygen atoms in total. The minimum atomic E-state index is -0.769. The lowest BCUT2D eigenvalue weighted by molar-refractivity contribution is -0.133. The number of carbonyl (C=O) groups is 1. The van der Waals surface area contributed by atoms with E-state index in [2.05, 4.69) is 39.5 Å². The lowest BCUT2D eigenvalue weighted by Gasteiger charge is -2.36. The first-order valence-corrected chi connectivity index (χ1v) is 7.10. The largest absolute Gasteiger partial charge is 0.478 e. The van der Waals surface area contributed by atoms with Gasteiger partial charge in [0.25, 0.3) is 0 Å². The standard InChI is InChI=1S/C15H29NO2/c1-7-9-10-14(13(8-2)15(17)18)16(11(3)4)12(5)6/h11-12H,7-10H2,1-6H3,(H,17,18). The van der Waals surface area contributed by atoms with E-state index in [1.807, 2.05) is 6.92 Å². The maximum absolute atomic E-state index is 11.4. The molecule has 0 aliphatic heterocycles. The highest BCUT2D eigenvalue weighted by Crippen LogP contribution is 2.24. The predicted octanol–water partition coefficient (Wildman–Crippen LogP) is 4.04. The molecule has 0 spiro atoms. The fraction of sp³-hybridized carbons (Fsp3) is 0.800. The maximum atomic E-state index is 11.4. The highest BCUT2D eigenvalue weighted by molar-refractivity contribution is 5.87. The van der Waals surface area contributed by atoms with Gasteiger partial charge in [0.15, 0.2) is 0 Å². The van der Waals surface area contributed by atoms with Crippen molar-refractivity contribution in [2.24, 2.45) is 0 Å². The van der Waals surface area contributed by atoms with Gasteiger partial charge in [-0.05, 0) is 47.0 Å². The minimum Gasteiger partial charge on any atom is -0.478 e. The summed E-state index contributed by atoms with van der Waals surface area (Å²) in [4.78, 5) is 13.7. The number of nitrogens with zero attached hydrogens (tertiary/aromatic N) is 1. The summed E-state index contributed by atoms with van der Waals surface area (Å²) in [6, 6.07) is 0.663. The number of carboxylic acids is 1. The fourth-order valence-electron chi connectivity index (χ4n) is 2.48. The van der Waals surface area contributed by atoms with E-state index in [4.69, 9.17) is 0 Å². The van der Waals surface area contributed by atoms with Gasteiger partial charge in [-0.1, -0.05) is 20.3 Å². The number of aliphatic carboxylic acids is 1. The van der Waals surface area contributed by atoms with Crippen molar-refractivity contribution in [1.29, 1.82) is 0 Å². The van der Waals surface area contributed by atoms with E-state index in [1.165, 1.54) is 0 Å². The van der Waals surface area contributed by atoms with Gasteiger partial charge in [0.1, 0.15) is 0 Å². The molecule has 0 aliphatic rings. The molecule has 3 heteroatoms. The average Bonchev–Trinajstić information content (AvgIpc) is 2.24. The Bertz CT molecular complexity index is 285. The minimum absolute atomic E-state index is 0.331. The van der Waals surface area contributed by atoms with Gasteiger partial charge in [0.05, 0.1) is 5.57 Å². The zero-order valence-corrected chi connectivity index (χ0v) is 12.8. The van der Waals surface area contributed by atoms with Crippen molar-refractivity contribution < 1.29 is 9.90 Å². The van der Waals surface area contributed by atoms with Crippen molar-refractivity contribution in [3.8, 4) is 0 Å². The van der Waals surface area contributed by atoms with Crippen molar-refractivity contribution in [3.05, 3.63) is 11.3 Å². The molecule has 0 bridgehead atoms. The zero-order chi connectivity index (χ0) is 14.3. The Hall–Kier alpha value is -0.990. The Labute approximate surface area is 112 Å². The summed E-state index contributed by atoms with van der Waals surface area (Å²) in [5, 5.41) is 9.37. The predicted molar refractivity (Wildman–Crippen MR) is 76.6 cm³/mol. The van der Waals surface area contributed by atoms with Crippen molar-refractivity contribution in [3.63, 3.8) is 0 Å². The Morgan fingerprint density at radius 2 is 1.61 bits per heavy atom. The van der Waals surface area contributed by atoms with E-state index in [1.54, 1.807) is 0 Å². The van der Waals surface area contributed by atoms with Crippen LogP contribution in [0.4, 0.5) is 0 Å². The van der Waals surface area contributed by atoms with E-state index >= 15 is 0 Å². The van der Waals surface area contributed by atoms with Crippen LogP contribution in [-0.2, 0) is 4.79 Å². The van der Waals surface area contributed by atoms with Gasteiger partial charge in [-0.3, -0.25) is 0 Å². The van der Waals surface area contributed by atoms with Crippen LogP contribution in [0.25, 0.3) is 0 Å². The molecule has 0 atom stereocenters. The number of hydrogen-bond donors (Lipinski definition) is 1. The normalized spacial score (nSPS) is 12.9. The number of allylic oxidation sites excluding steroid dienone is 1. The molecule has 18 heavy (non-hydrogen) atoms. The second-order valence-corrected chi connectivity index (χ2v) is 5.28. The number of unbranched alkanes of at least 4 members (excludes halogenated alkanes) is 1. The molecule has 0 aromatic heterocycles. The third kappa shape index (κ3) is 4.71. The van der Waals surface area contributed by atoms with Crippen LogP contribution in [0.5, 0.6) is 0 Å². The number of rotatable bonds is 8. The van der Waals surface area contributed by atoms with Gasteiger partial charge in [0, 0.05) is 17.8 Å². The summed E-state index contributed by atoms with van der Waals surface area (Å²) in [6.07, 6.45) is 3.58. The first-order valence-electron chi connectivity index (χ1n) is 7.10. The quantitative estimate of drug-likeness (QED) is 0.665. The van der Waals surface area contributed by atoms with Crippen LogP contribution in [0.1, 0.15) is 67.2 Å². The van der Waals surface area contributed by atoms with Crippen LogP contribution >= 0.6 is 0 Å². The number of carboxylic acid groups (broad SMARTS) is 1. The van der Waals surface area contributed by atoms with Gasteiger partial charge in [0.2, 0.25) is 0 Å². The molecule has 1 N–H and O–H groups in total. The summed E-state index contributed by atoms with van der Waals surface area (Å²) in [7, 11) is 0. The molecule has 0 heterocycles. The smallest absolute Gasteiger partial charge is 0.333 e. The lowest BCUT2D eigenvalue weighted by Crippen LogP contribution is -2.37. The van der Waals surface area contributed by atoms with Crippen LogP contribution in [0, 0.1) is 0 Å². The Morgan fingerprint density at radius 1 is 1.11 bits per heavy atom. The molecule has 0 unspecified atom stereocenters. The summed E-state index contributed by atoms with van der Waals surface area (Å²) in [6.45, 7) is 12.6. The molecule has 0 radical (unpaired) electrons. The highest BCUT2D eigenvalue weighted by Gasteiger charge is 2.22. The van der Waals surface area contributed by atoms with Crippen molar-refractivity contribution in [2.45, 2.75) is 79.3 Å². The third-order valence-electron chi connectivity index (χ3n) is 3.15. The molecular formula is C15H29NO2. The monoisotopic (exact) mass is 255 g/mol. The topological polar surface area (TPSA) is 40.5 Å². The van der Waals surface area contributed by atoms with Crippen molar-refractivity contribution in [2.75, 3.05) is 0 Å². The van der Waals surface area contributed by atoms with E-state index in [0.717, 1.165) is 25.0 Å². The maximum Gasteiger partial charge on any atom is 0.333 e. The first kappa shape index (κ1) is 17.0. The van der Waals surface area contributed by atoms with E-state index < -0.39 is 5.97 Å². The highest BCUT2D eigenvalue weighted by atomic mass is 16.4.